The molecule has 6 nitrogen and oxygen atoms in total. The first kappa shape index (κ1) is 14.2. The quantitative estimate of drug-likeness (QED) is 0.801. The van der Waals surface area contributed by atoms with Crippen LogP contribution in [0.3, 0.4) is 0 Å². The van der Waals surface area contributed by atoms with Crippen LogP contribution in [0.5, 0.6) is 0 Å². The lowest BCUT2D eigenvalue weighted by Crippen LogP contribution is -2.36. The van der Waals surface area contributed by atoms with Crippen LogP contribution < -0.4 is 5.32 Å². The second kappa shape index (κ2) is 6.74. The monoisotopic (exact) mass is 267 g/mol. The van der Waals surface area contributed by atoms with Gasteiger partial charge in [0, 0.05) is 0 Å². The van der Waals surface area contributed by atoms with Crippen molar-refractivity contribution in [1.29, 1.82) is 5.26 Å². The Kier molecular flexibility index (Phi) is 5.30. The summed E-state index contributed by atoms with van der Waals surface area (Å²) in [4.78, 5) is 23.7. The minimum atomic E-state index is -0.974. The number of hydrogen-bond acceptors (Lipinski definition) is 5. The Morgan fingerprint density at radius 3 is 2.83 bits per heavy atom. The molecule has 0 radical (unpaired) electrons. The van der Waals surface area contributed by atoms with Gasteiger partial charge < -0.3 is 10.4 Å². The molecular weight excluding hydrogens is 254 g/mol. The average molecular weight is 267 g/mol. The predicted octanol–water partition coefficient (Wildman–Crippen LogP) is 0.965. The molecule has 0 fully saturated rings. The van der Waals surface area contributed by atoms with E-state index in [1.54, 1.807) is 18.4 Å². The highest BCUT2D eigenvalue weighted by Crippen LogP contribution is 2.21. The first-order valence-electron chi connectivity index (χ1n) is 5.28. The summed E-state index contributed by atoms with van der Waals surface area (Å²) >= 11 is 1.26. The van der Waals surface area contributed by atoms with Gasteiger partial charge in [0.1, 0.15) is 11.1 Å². The second-order valence-electron chi connectivity index (χ2n) is 3.52. The number of rotatable bonds is 6. The smallest absolute Gasteiger partial charge is 0.317 e. The van der Waals surface area contributed by atoms with Crippen molar-refractivity contribution in [2.75, 3.05) is 25.0 Å². The maximum atomic E-state index is 11.7. The Morgan fingerprint density at radius 2 is 2.28 bits per heavy atom. The SMILES string of the molecule is CCN(CC(=O)O)CC(=O)Nc1sccc1C#N. The van der Waals surface area contributed by atoms with Gasteiger partial charge in [-0.2, -0.15) is 5.26 Å². The minimum absolute atomic E-state index is 0.00836. The van der Waals surface area contributed by atoms with E-state index < -0.39 is 5.97 Å². The maximum Gasteiger partial charge on any atom is 0.317 e. The molecule has 0 saturated heterocycles. The number of hydrogen-bond donors (Lipinski definition) is 2. The molecule has 0 spiro atoms. The number of likely N-dealkylation sites (N-methyl/N-ethyl adjacent to an activating group) is 1. The van der Waals surface area contributed by atoms with E-state index in [9.17, 15) is 9.59 Å². The number of amides is 1. The molecule has 2 N–H and O–H groups in total. The van der Waals surface area contributed by atoms with E-state index in [0.717, 1.165) is 0 Å². The predicted molar refractivity (Wildman–Crippen MR) is 67.4 cm³/mol. The average Bonchev–Trinajstić information content (AvgIpc) is 2.74. The van der Waals surface area contributed by atoms with E-state index in [4.69, 9.17) is 10.4 Å². The lowest BCUT2D eigenvalue weighted by atomic mass is 10.3. The van der Waals surface area contributed by atoms with Crippen molar-refractivity contribution in [1.82, 2.24) is 4.90 Å². The highest BCUT2D eigenvalue weighted by atomic mass is 32.1. The molecule has 0 aliphatic carbocycles. The Balaban J connectivity index is 2.56. The lowest BCUT2D eigenvalue weighted by Gasteiger charge is -2.16. The summed E-state index contributed by atoms with van der Waals surface area (Å²) in [5.74, 6) is -1.30. The fraction of sp³-hybridized carbons (Fsp3) is 0.364. The molecule has 0 atom stereocenters. The van der Waals surface area contributed by atoms with Gasteiger partial charge in [0.2, 0.25) is 5.91 Å². The highest BCUT2D eigenvalue weighted by Gasteiger charge is 2.14. The van der Waals surface area contributed by atoms with Gasteiger partial charge in [0.15, 0.2) is 0 Å². The van der Waals surface area contributed by atoms with Crippen molar-refractivity contribution in [3.8, 4) is 6.07 Å². The van der Waals surface area contributed by atoms with Crippen molar-refractivity contribution >= 4 is 28.2 Å². The van der Waals surface area contributed by atoms with Gasteiger partial charge in [-0.15, -0.1) is 11.3 Å². The van der Waals surface area contributed by atoms with Crippen molar-refractivity contribution in [3.63, 3.8) is 0 Å². The summed E-state index contributed by atoms with van der Waals surface area (Å²) in [5.41, 5.74) is 0.412. The van der Waals surface area contributed by atoms with Gasteiger partial charge in [0.05, 0.1) is 18.7 Å². The zero-order chi connectivity index (χ0) is 13.5. The standard InChI is InChI=1S/C11H13N3O3S/c1-2-14(7-10(16)17)6-9(15)13-11-8(5-12)3-4-18-11/h3-4H,2,6-7H2,1H3,(H,13,15)(H,16,17). The largest absolute Gasteiger partial charge is 0.480 e. The molecule has 0 unspecified atom stereocenters. The Labute approximate surface area is 108 Å². The number of carboxylic acid groups (broad SMARTS) is 1. The van der Waals surface area contributed by atoms with Crippen molar-refractivity contribution < 1.29 is 14.7 Å². The third-order valence-corrected chi connectivity index (χ3v) is 3.04. The number of thiophene rings is 1. The van der Waals surface area contributed by atoms with Crippen LogP contribution in [-0.4, -0.2) is 41.5 Å². The molecule has 0 aliphatic rings. The number of aliphatic carboxylic acids is 1. The van der Waals surface area contributed by atoms with Crippen LogP contribution >= 0.6 is 11.3 Å². The Bertz CT molecular complexity index is 478. The fourth-order valence-corrected chi connectivity index (χ4v) is 2.09. The summed E-state index contributed by atoms with van der Waals surface area (Å²) in [6.45, 7) is 2.06. The normalized spacial score (nSPS) is 10.1. The van der Waals surface area contributed by atoms with Crippen LogP contribution in [-0.2, 0) is 9.59 Å². The minimum Gasteiger partial charge on any atom is -0.480 e. The summed E-state index contributed by atoms with van der Waals surface area (Å²) in [7, 11) is 0. The zero-order valence-electron chi connectivity index (χ0n) is 9.84. The number of nitrogens with zero attached hydrogens (tertiary/aromatic N) is 2. The van der Waals surface area contributed by atoms with Gasteiger partial charge >= 0.3 is 5.97 Å². The third-order valence-electron chi connectivity index (χ3n) is 2.21. The molecule has 7 heteroatoms. The number of carbonyl (C=O) groups is 2. The van der Waals surface area contributed by atoms with Crippen molar-refractivity contribution in [3.05, 3.63) is 17.0 Å². The van der Waals surface area contributed by atoms with Gasteiger partial charge in [0.25, 0.3) is 0 Å². The first-order valence-corrected chi connectivity index (χ1v) is 6.16. The van der Waals surface area contributed by atoms with Crippen LogP contribution in [0.25, 0.3) is 0 Å². The number of nitriles is 1. The molecule has 96 valence electrons. The Morgan fingerprint density at radius 1 is 1.56 bits per heavy atom. The first-order chi connectivity index (χ1) is 8.56. The molecule has 0 saturated carbocycles. The van der Waals surface area contributed by atoms with Gasteiger partial charge in [-0.1, -0.05) is 6.92 Å². The number of anilines is 1. The molecular formula is C11H13N3O3S. The topological polar surface area (TPSA) is 93.4 Å². The van der Waals surface area contributed by atoms with Gasteiger partial charge in [-0.05, 0) is 18.0 Å². The van der Waals surface area contributed by atoms with Crippen LogP contribution in [0.4, 0.5) is 5.00 Å². The fourth-order valence-electron chi connectivity index (χ4n) is 1.33. The van der Waals surface area contributed by atoms with E-state index in [2.05, 4.69) is 5.32 Å². The molecule has 1 amide bonds. The summed E-state index contributed by atoms with van der Waals surface area (Å²) in [6, 6.07) is 3.59. The maximum absolute atomic E-state index is 11.7. The van der Waals surface area contributed by atoms with E-state index in [-0.39, 0.29) is 19.0 Å². The van der Waals surface area contributed by atoms with E-state index >= 15 is 0 Å². The lowest BCUT2D eigenvalue weighted by molar-refractivity contribution is -0.138. The number of carbonyl (C=O) groups excluding carboxylic acids is 1. The van der Waals surface area contributed by atoms with Crippen LogP contribution in [0.15, 0.2) is 11.4 Å². The summed E-state index contributed by atoms with van der Waals surface area (Å²) < 4.78 is 0. The van der Waals surface area contributed by atoms with Crippen LogP contribution in [0.2, 0.25) is 0 Å². The Hall–Kier alpha value is -1.91. The van der Waals surface area contributed by atoms with Gasteiger partial charge in [-0.25, -0.2) is 0 Å². The summed E-state index contributed by atoms with van der Waals surface area (Å²) in [6.07, 6.45) is 0. The molecule has 0 aliphatic heterocycles. The summed E-state index contributed by atoms with van der Waals surface area (Å²) in [5, 5.41) is 22.2. The van der Waals surface area contributed by atoms with E-state index in [1.807, 2.05) is 6.07 Å². The molecule has 18 heavy (non-hydrogen) atoms. The van der Waals surface area contributed by atoms with E-state index in [0.29, 0.717) is 17.1 Å². The molecule has 0 aromatic carbocycles. The number of nitrogens with one attached hydrogen (secondary N) is 1. The highest BCUT2D eigenvalue weighted by molar-refractivity contribution is 7.14. The number of carboxylic acids is 1. The van der Waals surface area contributed by atoms with Gasteiger partial charge in [-0.3, -0.25) is 14.5 Å². The van der Waals surface area contributed by atoms with Crippen LogP contribution in [0, 0.1) is 11.3 Å². The molecule has 1 heterocycles. The molecule has 1 rings (SSSR count). The molecule has 1 aromatic heterocycles. The van der Waals surface area contributed by atoms with Crippen LogP contribution in [0.1, 0.15) is 12.5 Å². The molecule has 0 bridgehead atoms. The van der Waals surface area contributed by atoms with Crippen molar-refractivity contribution in [2.24, 2.45) is 0 Å². The van der Waals surface area contributed by atoms with Crippen molar-refractivity contribution in [2.45, 2.75) is 6.92 Å². The molecule has 1 aromatic rings. The zero-order valence-corrected chi connectivity index (χ0v) is 10.7. The van der Waals surface area contributed by atoms with E-state index in [1.165, 1.54) is 16.2 Å². The second-order valence-corrected chi connectivity index (χ2v) is 4.44. The third kappa shape index (κ3) is 4.16.